The van der Waals surface area contributed by atoms with Gasteiger partial charge in [0, 0.05) is 11.8 Å². The minimum Gasteiger partial charge on any atom is -0.299 e. The Labute approximate surface area is 81.9 Å². The molecule has 2 atom stereocenters. The summed E-state index contributed by atoms with van der Waals surface area (Å²) in [7, 11) is 0. The monoisotopic (exact) mass is 182 g/mol. The van der Waals surface area contributed by atoms with Crippen LogP contribution >= 0.6 is 0 Å². The van der Waals surface area contributed by atoms with Gasteiger partial charge in [-0.25, -0.2) is 0 Å². The predicted octanol–water partition coefficient (Wildman–Crippen LogP) is 3.43. The third-order valence-corrected chi connectivity index (χ3v) is 3.91. The molecule has 1 fully saturated rings. The zero-order valence-electron chi connectivity index (χ0n) is 9.39. The molecule has 2 unspecified atom stereocenters. The molecule has 0 saturated heterocycles. The standard InChI is InChI=1S/C12H22O/c1-5-12(4)7-6-10(9(2)3)8-11(12)13/h9-10H,5-8H2,1-4H3. The fraction of sp³-hybridized carbons (Fsp3) is 0.917. The normalized spacial score (nSPS) is 35.5. The van der Waals surface area contributed by atoms with Crippen LogP contribution in [0.4, 0.5) is 0 Å². The topological polar surface area (TPSA) is 17.1 Å². The van der Waals surface area contributed by atoms with E-state index in [1.54, 1.807) is 0 Å². The summed E-state index contributed by atoms with van der Waals surface area (Å²) in [6.07, 6.45) is 4.18. The smallest absolute Gasteiger partial charge is 0.139 e. The molecule has 1 saturated carbocycles. The van der Waals surface area contributed by atoms with E-state index in [1.165, 1.54) is 6.42 Å². The molecule has 0 aromatic heterocycles. The van der Waals surface area contributed by atoms with Crippen LogP contribution in [0.25, 0.3) is 0 Å². The highest BCUT2D eigenvalue weighted by atomic mass is 16.1. The van der Waals surface area contributed by atoms with Crippen molar-refractivity contribution >= 4 is 5.78 Å². The van der Waals surface area contributed by atoms with E-state index in [4.69, 9.17) is 0 Å². The van der Waals surface area contributed by atoms with Crippen LogP contribution in [-0.2, 0) is 4.79 Å². The lowest BCUT2D eigenvalue weighted by atomic mass is 9.67. The summed E-state index contributed by atoms with van der Waals surface area (Å²) < 4.78 is 0. The molecule has 0 N–H and O–H groups in total. The van der Waals surface area contributed by atoms with Gasteiger partial charge >= 0.3 is 0 Å². The number of ketones is 1. The molecule has 76 valence electrons. The largest absolute Gasteiger partial charge is 0.299 e. The van der Waals surface area contributed by atoms with Crippen molar-refractivity contribution in [3.63, 3.8) is 0 Å². The van der Waals surface area contributed by atoms with Crippen molar-refractivity contribution in [1.82, 2.24) is 0 Å². The highest BCUT2D eigenvalue weighted by Crippen LogP contribution is 2.40. The van der Waals surface area contributed by atoms with Gasteiger partial charge in [-0.15, -0.1) is 0 Å². The van der Waals surface area contributed by atoms with Gasteiger partial charge < -0.3 is 0 Å². The van der Waals surface area contributed by atoms with Gasteiger partial charge in [-0.1, -0.05) is 27.7 Å². The van der Waals surface area contributed by atoms with Gasteiger partial charge in [-0.3, -0.25) is 4.79 Å². The molecular weight excluding hydrogens is 160 g/mol. The van der Waals surface area contributed by atoms with Crippen molar-refractivity contribution < 1.29 is 4.79 Å². The molecule has 0 heterocycles. The number of carbonyl (C=O) groups is 1. The Balaban J connectivity index is 2.62. The van der Waals surface area contributed by atoms with Crippen LogP contribution in [0.1, 0.15) is 53.4 Å². The SMILES string of the molecule is CCC1(C)CCC(C(C)C)CC1=O. The first-order valence-corrected chi connectivity index (χ1v) is 5.53. The second kappa shape index (κ2) is 3.81. The average Bonchev–Trinajstić information content (AvgIpc) is 2.09. The molecule has 1 nitrogen and oxygen atoms in total. The number of hydrogen-bond donors (Lipinski definition) is 0. The number of hydrogen-bond acceptors (Lipinski definition) is 1. The summed E-state index contributed by atoms with van der Waals surface area (Å²) >= 11 is 0. The van der Waals surface area contributed by atoms with Crippen LogP contribution in [0.3, 0.4) is 0 Å². The molecule has 0 spiro atoms. The molecule has 0 amide bonds. The van der Waals surface area contributed by atoms with Crippen LogP contribution < -0.4 is 0 Å². The van der Waals surface area contributed by atoms with Crippen molar-refractivity contribution in [2.24, 2.45) is 17.3 Å². The first-order valence-electron chi connectivity index (χ1n) is 5.53. The van der Waals surface area contributed by atoms with E-state index in [2.05, 4.69) is 27.7 Å². The quantitative estimate of drug-likeness (QED) is 0.639. The van der Waals surface area contributed by atoms with Crippen LogP contribution in [0.15, 0.2) is 0 Å². The molecular formula is C12H22O. The third kappa shape index (κ3) is 2.12. The Bertz CT molecular complexity index is 195. The minimum atomic E-state index is 0.00535. The molecule has 0 bridgehead atoms. The Morgan fingerprint density at radius 3 is 2.54 bits per heavy atom. The van der Waals surface area contributed by atoms with Crippen LogP contribution in [0.5, 0.6) is 0 Å². The molecule has 0 aromatic carbocycles. The maximum atomic E-state index is 11.9. The van der Waals surface area contributed by atoms with Crippen molar-refractivity contribution in [2.45, 2.75) is 53.4 Å². The number of Topliss-reactive ketones (excluding diaryl/α,β-unsaturated/α-hetero) is 1. The minimum absolute atomic E-state index is 0.00535. The maximum Gasteiger partial charge on any atom is 0.139 e. The summed E-state index contributed by atoms with van der Waals surface area (Å²) in [5.41, 5.74) is 0.00535. The molecule has 0 aromatic rings. The number of rotatable bonds is 2. The summed E-state index contributed by atoms with van der Waals surface area (Å²) in [6, 6.07) is 0. The third-order valence-electron chi connectivity index (χ3n) is 3.91. The average molecular weight is 182 g/mol. The fourth-order valence-corrected chi connectivity index (χ4v) is 2.17. The Morgan fingerprint density at radius 1 is 1.54 bits per heavy atom. The van der Waals surface area contributed by atoms with E-state index >= 15 is 0 Å². The van der Waals surface area contributed by atoms with Crippen molar-refractivity contribution in [2.75, 3.05) is 0 Å². The van der Waals surface area contributed by atoms with Gasteiger partial charge in [0.15, 0.2) is 0 Å². The second-order valence-corrected chi connectivity index (χ2v) is 5.08. The Morgan fingerprint density at radius 2 is 2.15 bits per heavy atom. The lowest BCUT2D eigenvalue weighted by molar-refractivity contribution is -0.132. The summed E-state index contributed by atoms with van der Waals surface area (Å²) in [6.45, 7) is 8.72. The van der Waals surface area contributed by atoms with Gasteiger partial charge in [0.25, 0.3) is 0 Å². The molecule has 13 heavy (non-hydrogen) atoms. The highest BCUT2D eigenvalue weighted by Gasteiger charge is 2.37. The van der Waals surface area contributed by atoms with E-state index in [0.29, 0.717) is 17.6 Å². The van der Waals surface area contributed by atoms with Crippen LogP contribution in [-0.4, -0.2) is 5.78 Å². The maximum absolute atomic E-state index is 11.9. The van der Waals surface area contributed by atoms with E-state index in [-0.39, 0.29) is 5.41 Å². The summed E-state index contributed by atoms with van der Waals surface area (Å²) in [5, 5.41) is 0. The lowest BCUT2D eigenvalue weighted by Crippen LogP contribution is -2.35. The van der Waals surface area contributed by atoms with E-state index in [1.807, 2.05) is 0 Å². The predicted molar refractivity (Wildman–Crippen MR) is 55.6 cm³/mol. The highest BCUT2D eigenvalue weighted by molar-refractivity contribution is 5.85. The van der Waals surface area contributed by atoms with Gasteiger partial charge in [-0.2, -0.15) is 0 Å². The van der Waals surface area contributed by atoms with Gasteiger partial charge in [0.2, 0.25) is 0 Å². The van der Waals surface area contributed by atoms with Crippen molar-refractivity contribution in [3.05, 3.63) is 0 Å². The molecule has 1 heteroatoms. The van der Waals surface area contributed by atoms with Crippen LogP contribution in [0, 0.1) is 17.3 Å². The lowest BCUT2D eigenvalue weighted by Gasteiger charge is -2.36. The zero-order valence-corrected chi connectivity index (χ0v) is 9.39. The first kappa shape index (κ1) is 10.7. The molecule has 1 aliphatic rings. The van der Waals surface area contributed by atoms with Gasteiger partial charge in [0.05, 0.1) is 0 Å². The Kier molecular flexibility index (Phi) is 3.15. The first-order chi connectivity index (χ1) is 5.99. The molecule has 1 rings (SSSR count). The zero-order chi connectivity index (χ0) is 10.1. The number of carbonyl (C=O) groups excluding carboxylic acids is 1. The summed E-state index contributed by atoms with van der Waals surface area (Å²) in [4.78, 5) is 11.9. The summed E-state index contributed by atoms with van der Waals surface area (Å²) in [5.74, 6) is 1.82. The van der Waals surface area contributed by atoms with E-state index in [9.17, 15) is 4.79 Å². The van der Waals surface area contributed by atoms with Crippen molar-refractivity contribution in [3.8, 4) is 0 Å². The van der Waals surface area contributed by atoms with Gasteiger partial charge in [-0.05, 0) is 31.1 Å². The van der Waals surface area contributed by atoms with Crippen molar-refractivity contribution in [1.29, 1.82) is 0 Å². The van der Waals surface area contributed by atoms with Gasteiger partial charge in [0.1, 0.15) is 5.78 Å². The van der Waals surface area contributed by atoms with E-state index in [0.717, 1.165) is 19.3 Å². The second-order valence-electron chi connectivity index (χ2n) is 5.08. The van der Waals surface area contributed by atoms with Crippen LogP contribution in [0.2, 0.25) is 0 Å². The molecule has 1 aliphatic carbocycles. The fourth-order valence-electron chi connectivity index (χ4n) is 2.17. The molecule has 0 aliphatic heterocycles. The van der Waals surface area contributed by atoms with E-state index < -0.39 is 0 Å². The Hall–Kier alpha value is -0.330. The molecule has 0 radical (unpaired) electrons.